The normalized spacial score (nSPS) is 13.1. The van der Waals surface area contributed by atoms with Crippen LogP contribution in [-0.4, -0.2) is 13.6 Å². The van der Waals surface area contributed by atoms with Gasteiger partial charge >= 0.3 is 0 Å². The Morgan fingerprint density at radius 1 is 1.13 bits per heavy atom. The maximum absolute atomic E-state index is 3.28. The molecule has 0 saturated carbocycles. The molecule has 1 aromatic carbocycles. The molecule has 0 aliphatic carbocycles. The molecule has 0 fully saturated rings. The molecule has 0 saturated heterocycles. The van der Waals surface area contributed by atoms with Crippen molar-refractivity contribution in [2.45, 2.75) is 33.1 Å². The van der Waals surface area contributed by atoms with Crippen LogP contribution in [0, 0.1) is 5.92 Å². The monoisotopic (exact) mass is 205 g/mol. The predicted octanol–water partition coefficient (Wildman–Crippen LogP) is 3.21. The average molecular weight is 205 g/mol. The van der Waals surface area contributed by atoms with Gasteiger partial charge in [-0.3, -0.25) is 0 Å². The van der Waals surface area contributed by atoms with Gasteiger partial charge in [0.2, 0.25) is 0 Å². The number of hydrogen-bond acceptors (Lipinski definition) is 1. The second-order valence-corrected chi connectivity index (χ2v) is 4.50. The number of nitrogens with one attached hydrogen (secondary N) is 1. The van der Waals surface area contributed by atoms with E-state index < -0.39 is 0 Å². The molecule has 1 atom stereocenters. The molecule has 0 aliphatic rings. The minimum absolute atomic E-state index is 0.626. The van der Waals surface area contributed by atoms with E-state index in [1.807, 2.05) is 7.05 Å². The van der Waals surface area contributed by atoms with Gasteiger partial charge in [0.15, 0.2) is 0 Å². The largest absolute Gasteiger partial charge is 0.319 e. The van der Waals surface area contributed by atoms with Crippen LogP contribution in [0.5, 0.6) is 0 Å². The highest BCUT2D eigenvalue weighted by atomic mass is 14.8. The third kappa shape index (κ3) is 3.35. The molecule has 1 N–H and O–H groups in total. The molecule has 1 rings (SSSR count). The van der Waals surface area contributed by atoms with Crippen LogP contribution in [0.25, 0.3) is 0 Å². The minimum atomic E-state index is 0.626. The molecule has 0 aliphatic heterocycles. The Labute approximate surface area is 93.9 Å². The molecule has 1 heteroatoms. The van der Waals surface area contributed by atoms with Gasteiger partial charge in [0, 0.05) is 6.54 Å². The molecule has 1 unspecified atom stereocenters. The lowest BCUT2D eigenvalue weighted by Gasteiger charge is -2.21. The Morgan fingerprint density at radius 3 is 2.13 bits per heavy atom. The second-order valence-electron chi connectivity index (χ2n) is 4.50. The summed E-state index contributed by atoms with van der Waals surface area (Å²) in [5, 5.41) is 3.28. The molecule has 0 amide bonds. The fraction of sp³-hybridized carbons (Fsp3) is 0.571. The van der Waals surface area contributed by atoms with E-state index in [1.54, 1.807) is 0 Å². The summed E-state index contributed by atoms with van der Waals surface area (Å²) in [6.07, 6.45) is 1.12. The lowest BCUT2D eigenvalue weighted by molar-refractivity contribution is 0.478. The SMILES string of the molecule is CCc1ccc(C(CNC)C(C)C)cc1. The van der Waals surface area contributed by atoms with E-state index in [4.69, 9.17) is 0 Å². The summed E-state index contributed by atoms with van der Waals surface area (Å²) < 4.78 is 0. The molecule has 0 bridgehead atoms. The highest BCUT2D eigenvalue weighted by molar-refractivity contribution is 5.26. The van der Waals surface area contributed by atoms with Gasteiger partial charge < -0.3 is 5.32 Å². The fourth-order valence-corrected chi connectivity index (χ4v) is 1.96. The Bertz CT molecular complexity index is 274. The first-order valence-corrected chi connectivity index (χ1v) is 5.92. The molecular weight excluding hydrogens is 182 g/mol. The van der Waals surface area contributed by atoms with Crippen LogP contribution in [0.3, 0.4) is 0 Å². The van der Waals surface area contributed by atoms with Gasteiger partial charge in [-0.25, -0.2) is 0 Å². The van der Waals surface area contributed by atoms with Crippen molar-refractivity contribution < 1.29 is 0 Å². The zero-order valence-electron chi connectivity index (χ0n) is 10.4. The second kappa shape index (κ2) is 5.92. The summed E-state index contributed by atoms with van der Waals surface area (Å²) in [6, 6.07) is 9.06. The molecule has 0 radical (unpaired) electrons. The van der Waals surface area contributed by atoms with Crippen molar-refractivity contribution in [3.05, 3.63) is 35.4 Å². The zero-order valence-corrected chi connectivity index (χ0v) is 10.4. The molecular formula is C14H23N. The molecule has 15 heavy (non-hydrogen) atoms. The van der Waals surface area contributed by atoms with Crippen LogP contribution in [0.4, 0.5) is 0 Å². The van der Waals surface area contributed by atoms with E-state index in [0.29, 0.717) is 11.8 Å². The Kier molecular flexibility index (Phi) is 4.83. The summed E-state index contributed by atoms with van der Waals surface area (Å²) >= 11 is 0. The first kappa shape index (κ1) is 12.3. The van der Waals surface area contributed by atoms with Crippen molar-refractivity contribution in [3.8, 4) is 0 Å². The lowest BCUT2D eigenvalue weighted by atomic mass is 9.88. The van der Waals surface area contributed by atoms with Crippen LogP contribution in [0.2, 0.25) is 0 Å². The molecule has 1 aromatic rings. The molecule has 84 valence electrons. The van der Waals surface area contributed by atoms with Gasteiger partial charge in [-0.2, -0.15) is 0 Å². The minimum Gasteiger partial charge on any atom is -0.319 e. The molecule has 0 aromatic heterocycles. The highest BCUT2D eigenvalue weighted by Crippen LogP contribution is 2.23. The highest BCUT2D eigenvalue weighted by Gasteiger charge is 2.14. The molecule has 0 spiro atoms. The number of rotatable bonds is 5. The first-order valence-electron chi connectivity index (χ1n) is 5.92. The Morgan fingerprint density at radius 2 is 1.73 bits per heavy atom. The van der Waals surface area contributed by atoms with Crippen molar-refractivity contribution in [2.24, 2.45) is 5.92 Å². The predicted molar refractivity (Wildman–Crippen MR) is 67.3 cm³/mol. The van der Waals surface area contributed by atoms with E-state index in [0.717, 1.165) is 13.0 Å². The summed E-state index contributed by atoms with van der Waals surface area (Å²) in [4.78, 5) is 0. The van der Waals surface area contributed by atoms with E-state index in [-0.39, 0.29) is 0 Å². The maximum Gasteiger partial charge on any atom is 0.00196 e. The van der Waals surface area contributed by atoms with Crippen molar-refractivity contribution >= 4 is 0 Å². The van der Waals surface area contributed by atoms with Gasteiger partial charge in [-0.05, 0) is 36.4 Å². The van der Waals surface area contributed by atoms with E-state index in [1.165, 1.54) is 11.1 Å². The third-order valence-corrected chi connectivity index (χ3v) is 3.04. The smallest absolute Gasteiger partial charge is 0.00196 e. The van der Waals surface area contributed by atoms with Gasteiger partial charge in [0.25, 0.3) is 0 Å². The van der Waals surface area contributed by atoms with Crippen LogP contribution >= 0.6 is 0 Å². The summed E-state index contributed by atoms with van der Waals surface area (Å²) in [7, 11) is 2.02. The van der Waals surface area contributed by atoms with Gasteiger partial charge in [-0.1, -0.05) is 45.0 Å². The number of likely N-dealkylation sites (N-methyl/N-ethyl adjacent to an activating group) is 1. The Balaban J connectivity index is 2.81. The molecule has 0 heterocycles. The quantitative estimate of drug-likeness (QED) is 0.778. The zero-order chi connectivity index (χ0) is 11.3. The summed E-state index contributed by atoms with van der Waals surface area (Å²) in [5.74, 6) is 1.31. The van der Waals surface area contributed by atoms with Gasteiger partial charge in [-0.15, -0.1) is 0 Å². The average Bonchev–Trinajstić information content (AvgIpc) is 2.26. The summed E-state index contributed by atoms with van der Waals surface area (Å²) in [6.45, 7) is 7.83. The van der Waals surface area contributed by atoms with Crippen molar-refractivity contribution in [3.63, 3.8) is 0 Å². The number of hydrogen-bond donors (Lipinski definition) is 1. The van der Waals surface area contributed by atoms with E-state index >= 15 is 0 Å². The standard InChI is InChI=1S/C14H23N/c1-5-12-6-8-13(9-7-12)14(10-15-4)11(2)3/h6-9,11,14-15H,5,10H2,1-4H3. The number of aryl methyl sites for hydroxylation is 1. The fourth-order valence-electron chi connectivity index (χ4n) is 1.96. The van der Waals surface area contributed by atoms with Crippen molar-refractivity contribution in [1.29, 1.82) is 0 Å². The lowest BCUT2D eigenvalue weighted by Crippen LogP contribution is -2.21. The van der Waals surface area contributed by atoms with Crippen LogP contribution in [-0.2, 0) is 6.42 Å². The third-order valence-electron chi connectivity index (χ3n) is 3.04. The number of benzene rings is 1. The first-order chi connectivity index (χ1) is 7.19. The van der Waals surface area contributed by atoms with Crippen molar-refractivity contribution in [2.75, 3.05) is 13.6 Å². The summed E-state index contributed by atoms with van der Waals surface area (Å²) in [5.41, 5.74) is 2.88. The van der Waals surface area contributed by atoms with Crippen LogP contribution in [0.1, 0.15) is 37.8 Å². The van der Waals surface area contributed by atoms with Crippen molar-refractivity contribution in [1.82, 2.24) is 5.32 Å². The maximum atomic E-state index is 3.28. The van der Waals surface area contributed by atoms with Gasteiger partial charge in [0.05, 0.1) is 0 Å². The van der Waals surface area contributed by atoms with Crippen LogP contribution < -0.4 is 5.32 Å². The van der Waals surface area contributed by atoms with Gasteiger partial charge in [0.1, 0.15) is 0 Å². The van der Waals surface area contributed by atoms with E-state index in [2.05, 4.69) is 50.4 Å². The molecule has 1 nitrogen and oxygen atoms in total. The Hall–Kier alpha value is -0.820. The topological polar surface area (TPSA) is 12.0 Å². The van der Waals surface area contributed by atoms with Crippen LogP contribution in [0.15, 0.2) is 24.3 Å². The van der Waals surface area contributed by atoms with E-state index in [9.17, 15) is 0 Å².